The second-order valence-electron chi connectivity index (χ2n) is 4.55. The van der Waals surface area contributed by atoms with E-state index in [4.69, 9.17) is 0 Å². The van der Waals surface area contributed by atoms with Crippen LogP contribution < -0.4 is 10.6 Å². The highest BCUT2D eigenvalue weighted by molar-refractivity contribution is 5.96. The summed E-state index contributed by atoms with van der Waals surface area (Å²) < 4.78 is 4.45. The Bertz CT molecular complexity index is 497. The molecule has 21 heavy (non-hydrogen) atoms. The van der Waals surface area contributed by atoms with Crippen molar-refractivity contribution < 1.29 is 19.1 Å². The molecular formula is C15H20N2O4. The molecule has 0 aliphatic carbocycles. The van der Waals surface area contributed by atoms with Crippen molar-refractivity contribution in [1.29, 1.82) is 0 Å². The zero-order chi connectivity index (χ0) is 15.7. The summed E-state index contributed by atoms with van der Waals surface area (Å²) in [6.45, 7) is 2.40. The number of hydrogen-bond acceptors (Lipinski definition) is 4. The standard InChI is InChI=1S/C15H20N2O4/c1-11-3-5-12(6-4-11)13(18)7-9-16-15(20)17-10-8-14(19)21-2/h3-6H,7-10H2,1-2H3,(H2,16,17,20). The number of ether oxygens (including phenoxy) is 1. The van der Waals surface area contributed by atoms with Crippen LogP contribution in [0.5, 0.6) is 0 Å². The second-order valence-corrected chi connectivity index (χ2v) is 4.55. The van der Waals surface area contributed by atoms with Crippen molar-refractivity contribution in [1.82, 2.24) is 10.6 Å². The quantitative estimate of drug-likeness (QED) is 0.588. The summed E-state index contributed by atoms with van der Waals surface area (Å²) in [6.07, 6.45) is 0.347. The topological polar surface area (TPSA) is 84.5 Å². The summed E-state index contributed by atoms with van der Waals surface area (Å²) in [5.41, 5.74) is 1.73. The Kier molecular flexibility index (Phi) is 6.94. The van der Waals surface area contributed by atoms with Crippen molar-refractivity contribution in [3.63, 3.8) is 0 Å². The van der Waals surface area contributed by atoms with Crippen molar-refractivity contribution in [3.05, 3.63) is 35.4 Å². The van der Waals surface area contributed by atoms with E-state index in [1.807, 2.05) is 19.1 Å². The van der Waals surface area contributed by atoms with Crippen molar-refractivity contribution in [2.75, 3.05) is 20.2 Å². The Balaban J connectivity index is 2.20. The van der Waals surface area contributed by atoms with Gasteiger partial charge < -0.3 is 15.4 Å². The van der Waals surface area contributed by atoms with E-state index in [0.717, 1.165) is 5.56 Å². The summed E-state index contributed by atoms with van der Waals surface area (Å²) in [5.74, 6) is -0.408. The molecule has 2 N–H and O–H groups in total. The van der Waals surface area contributed by atoms with Gasteiger partial charge in [-0.25, -0.2) is 4.79 Å². The van der Waals surface area contributed by atoms with Crippen LogP contribution in [0.3, 0.4) is 0 Å². The number of urea groups is 1. The van der Waals surface area contributed by atoms with Crippen LogP contribution in [-0.2, 0) is 9.53 Å². The van der Waals surface area contributed by atoms with Crippen LogP contribution in [0.2, 0.25) is 0 Å². The van der Waals surface area contributed by atoms with E-state index in [2.05, 4.69) is 15.4 Å². The first-order valence-electron chi connectivity index (χ1n) is 6.71. The SMILES string of the molecule is COC(=O)CCNC(=O)NCCC(=O)c1ccc(C)cc1. The van der Waals surface area contributed by atoms with Gasteiger partial charge in [0.05, 0.1) is 13.5 Å². The van der Waals surface area contributed by atoms with Gasteiger partial charge in [-0.05, 0) is 6.92 Å². The number of benzene rings is 1. The predicted molar refractivity (Wildman–Crippen MR) is 78.2 cm³/mol. The van der Waals surface area contributed by atoms with Gasteiger partial charge in [-0.1, -0.05) is 29.8 Å². The molecule has 0 bridgehead atoms. The summed E-state index contributed by atoms with van der Waals surface area (Å²) in [5, 5.41) is 5.07. The molecule has 0 radical (unpaired) electrons. The van der Waals surface area contributed by atoms with Gasteiger partial charge in [-0.3, -0.25) is 9.59 Å². The monoisotopic (exact) mass is 292 g/mol. The molecule has 1 aromatic rings. The highest BCUT2D eigenvalue weighted by Crippen LogP contribution is 2.05. The van der Waals surface area contributed by atoms with E-state index in [1.54, 1.807) is 12.1 Å². The van der Waals surface area contributed by atoms with Crippen LogP contribution in [0, 0.1) is 6.92 Å². The number of methoxy groups -OCH3 is 1. The Hall–Kier alpha value is -2.37. The minimum absolute atomic E-state index is 0.0233. The van der Waals surface area contributed by atoms with Crippen molar-refractivity contribution in [2.24, 2.45) is 0 Å². The molecule has 0 unspecified atom stereocenters. The Labute approximate surface area is 123 Å². The van der Waals surface area contributed by atoms with E-state index in [0.29, 0.717) is 5.56 Å². The molecule has 0 aliphatic rings. The fraction of sp³-hybridized carbons (Fsp3) is 0.400. The molecule has 0 saturated heterocycles. The number of carbonyl (C=O) groups is 3. The van der Waals surface area contributed by atoms with E-state index in [1.165, 1.54) is 7.11 Å². The van der Waals surface area contributed by atoms with Gasteiger partial charge in [0.25, 0.3) is 0 Å². The lowest BCUT2D eigenvalue weighted by atomic mass is 10.1. The largest absolute Gasteiger partial charge is 0.469 e. The second kappa shape index (κ2) is 8.73. The van der Waals surface area contributed by atoms with Crippen molar-refractivity contribution in [3.8, 4) is 0 Å². The number of carbonyl (C=O) groups excluding carboxylic acids is 3. The average molecular weight is 292 g/mol. The summed E-state index contributed by atoms with van der Waals surface area (Å²) >= 11 is 0. The maximum atomic E-state index is 11.8. The third kappa shape index (κ3) is 6.56. The van der Waals surface area contributed by atoms with Gasteiger partial charge in [0.1, 0.15) is 0 Å². The maximum Gasteiger partial charge on any atom is 0.314 e. The van der Waals surface area contributed by atoms with Crippen LogP contribution in [-0.4, -0.2) is 38.0 Å². The molecule has 0 aliphatic heterocycles. The molecule has 0 aromatic heterocycles. The minimum Gasteiger partial charge on any atom is -0.469 e. The number of Topliss-reactive ketones (excluding diaryl/α,β-unsaturated/α-hetero) is 1. The lowest BCUT2D eigenvalue weighted by molar-refractivity contribution is -0.140. The highest BCUT2D eigenvalue weighted by atomic mass is 16.5. The molecule has 1 rings (SSSR count). The normalized spacial score (nSPS) is 9.81. The van der Waals surface area contributed by atoms with Gasteiger partial charge in [-0.15, -0.1) is 0 Å². The lowest BCUT2D eigenvalue weighted by Gasteiger charge is -2.07. The maximum absolute atomic E-state index is 11.8. The van der Waals surface area contributed by atoms with Crippen LogP contribution in [0.25, 0.3) is 0 Å². The Morgan fingerprint density at radius 1 is 1.00 bits per heavy atom. The van der Waals surface area contributed by atoms with Gasteiger partial charge in [-0.2, -0.15) is 0 Å². The summed E-state index contributed by atoms with van der Waals surface area (Å²) in [6, 6.07) is 6.89. The number of esters is 1. The van der Waals surface area contributed by atoms with E-state index >= 15 is 0 Å². The molecule has 1 aromatic carbocycles. The molecule has 0 heterocycles. The Morgan fingerprint density at radius 2 is 1.57 bits per heavy atom. The van der Waals surface area contributed by atoms with Crippen molar-refractivity contribution in [2.45, 2.75) is 19.8 Å². The van der Waals surface area contributed by atoms with Gasteiger partial charge in [0.15, 0.2) is 5.78 Å². The molecule has 0 spiro atoms. The molecular weight excluding hydrogens is 272 g/mol. The minimum atomic E-state index is -0.407. The fourth-order valence-corrected chi connectivity index (χ4v) is 1.62. The number of aryl methyl sites for hydroxylation is 1. The molecule has 6 heteroatoms. The Morgan fingerprint density at radius 3 is 2.14 bits per heavy atom. The summed E-state index contributed by atoms with van der Waals surface area (Å²) in [4.78, 5) is 34.1. The molecule has 2 amide bonds. The van der Waals surface area contributed by atoms with Crippen molar-refractivity contribution >= 4 is 17.8 Å². The average Bonchev–Trinajstić information content (AvgIpc) is 2.47. The van der Waals surface area contributed by atoms with E-state index < -0.39 is 6.03 Å². The highest BCUT2D eigenvalue weighted by Gasteiger charge is 2.07. The van der Waals surface area contributed by atoms with Gasteiger partial charge in [0.2, 0.25) is 0 Å². The first-order chi connectivity index (χ1) is 10.0. The number of hydrogen-bond donors (Lipinski definition) is 2. The number of amides is 2. The first kappa shape index (κ1) is 16.7. The summed E-state index contributed by atoms with van der Waals surface area (Å²) in [7, 11) is 1.29. The number of nitrogens with one attached hydrogen (secondary N) is 2. The van der Waals surface area contributed by atoms with Crippen LogP contribution in [0.1, 0.15) is 28.8 Å². The molecule has 6 nitrogen and oxygen atoms in total. The van der Waals surface area contributed by atoms with Crippen LogP contribution >= 0.6 is 0 Å². The third-order valence-electron chi connectivity index (χ3n) is 2.85. The number of ketones is 1. The predicted octanol–water partition coefficient (Wildman–Crippen LogP) is 1.43. The molecule has 0 atom stereocenters. The molecule has 0 fully saturated rings. The fourth-order valence-electron chi connectivity index (χ4n) is 1.62. The van der Waals surface area contributed by atoms with Crippen LogP contribution in [0.15, 0.2) is 24.3 Å². The molecule has 114 valence electrons. The van der Waals surface area contributed by atoms with Gasteiger partial charge >= 0.3 is 12.0 Å². The zero-order valence-corrected chi connectivity index (χ0v) is 12.3. The first-order valence-corrected chi connectivity index (χ1v) is 6.71. The smallest absolute Gasteiger partial charge is 0.314 e. The third-order valence-corrected chi connectivity index (χ3v) is 2.85. The number of rotatable bonds is 7. The lowest BCUT2D eigenvalue weighted by Crippen LogP contribution is -2.37. The van der Waals surface area contributed by atoms with E-state index in [-0.39, 0.29) is 37.7 Å². The molecule has 0 saturated carbocycles. The zero-order valence-electron chi connectivity index (χ0n) is 12.3. The van der Waals surface area contributed by atoms with Gasteiger partial charge in [0, 0.05) is 25.1 Å². The van der Waals surface area contributed by atoms with E-state index in [9.17, 15) is 14.4 Å². The van der Waals surface area contributed by atoms with Crippen LogP contribution in [0.4, 0.5) is 4.79 Å².